The smallest absolute Gasteiger partial charge is 0.294 e. The van der Waals surface area contributed by atoms with Gasteiger partial charge in [0.1, 0.15) is 11.4 Å². The van der Waals surface area contributed by atoms with Crippen molar-refractivity contribution in [3.8, 4) is 5.75 Å². The maximum atomic E-state index is 11.2. The van der Waals surface area contributed by atoms with E-state index in [0.29, 0.717) is 11.4 Å². The number of methoxy groups -OCH3 is 1. The third-order valence-electron chi connectivity index (χ3n) is 3.89. The van der Waals surface area contributed by atoms with E-state index in [2.05, 4.69) is 4.90 Å². The highest BCUT2D eigenvalue weighted by atomic mass is 16.6. The van der Waals surface area contributed by atoms with Crippen molar-refractivity contribution < 1.29 is 9.66 Å². The lowest BCUT2D eigenvalue weighted by Gasteiger charge is -2.23. The second kappa shape index (κ2) is 6.62. The van der Waals surface area contributed by atoms with Gasteiger partial charge in [-0.1, -0.05) is 0 Å². The molecule has 1 aliphatic heterocycles. The molecular formula is C14H22N4O3. The molecule has 2 N–H and O–H groups in total. The second-order valence-corrected chi connectivity index (χ2v) is 5.31. The fraction of sp³-hybridized carbons (Fsp3) is 0.571. The first-order valence-electron chi connectivity index (χ1n) is 7.08. The van der Waals surface area contributed by atoms with Crippen LogP contribution in [0.5, 0.6) is 5.75 Å². The summed E-state index contributed by atoms with van der Waals surface area (Å²) in [7, 11) is 3.36. The zero-order valence-corrected chi connectivity index (χ0v) is 12.5. The Bertz CT molecular complexity index is 515. The Balaban J connectivity index is 2.16. The fourth-order valence-electron chi connectivity index (χ4n) is 2.62. The van der Waals surface area contributed by atoms with Crippen LogP contribution in [0.25, 0.3) is 0 Å². The molecule has 2 rings (SSSR count). The van der Waals surface area contributed by atoms with Gasteiger partial charge < -0.3 is 20.3 Å². The van der Waals surface area contributed by atoms with E-state index in [1.165, 1.54) is 26.0 Å². The first kappa shape index (κ1) is 15.4. The van der Waals surface area contributed by atoms with Crippen molar-refractivity contribution in [1.82, 2.24) is 4.90 Å². The van der Waals surface area contributed by atoms with Crippen LogP contribution < -0.4 is 15.4 Å². The van der Waals surface area contributed by atoms with Gasteiger partial charge in [-0.2, -0.15) is 0 Å². The SMILES string of the molecule is COc1cc(N(C)CCN2CCCC2)c([N+](=O)[O-])cc1N. The maximum Gasteiger partial charge on any atom is 0.294 e. The first-order valence-corrected chi connectivity index (χ1v) is 7.08. The number of hydrogen-bond acceptors (Lipinski definition) is 6. The molecule has 0 radical (unpaired) electrons. The molecule has 1 fully saturated rings. The van der Waals surface area contributed by atoms with Crippen LogP contribution in [-0.4, -0.2) is 50.2 Å². The van der Waals surface area contributed by atoms with Gasteiger partial charge in [-0.25, -0.2) is 0 Å². The molecule has 0 saturated carbocycles. The number of likely N-dealkylation sites (N-methyl/N-ethyl adjacent to an activating group) is 1. The van der Waals surface area contributed by atoms with Crippen molar-refractivity contribution in [2.75, 3.05) is 51.0 Å². The highest BCUT2D eigenvalue weighted by Crippen LogP contribution is 2.36. The summed E-state index contributed by atoms with van der Waals surface area (Å²) in [4.78, 5) is 15.1. The van der Waals surface area contributed by atoms with Crippen LogP contribution >= 0.6 is 0 Å². The minimum Gasteiger partial charge on any atom is -0.495 e. The standard InChI is InChI=1S/C14H22N4O3/c1-16(7-8-17-5-3-4-6-17)12-10-14(21-2)11(15)9-13(12)18(19)20/h9-10H,3-8,15H2,1-2H3. The summed E-state index contributed by atoms with van der Waals surface area (Å²) in [6.45, 7) is 3.86. The molecule has 0 atom stereocenters. The molecule has 0 bridgehead atoms. The Kier molecular flexibility index (Phi) is 4.85. The third-order valence-corrected chi connectivity index (χ3v) is 3.89. The largest absolute Gasteiger partial charge is 0.495 e. The summed E-state index contributed by atoms with van der Waals surface area (Å²) in [5.41, 5.74) is 6.58. The Morgan fingerprint density at radius 1 is 1.43 bits per heavy atom. The quantitative estimate of drug-likeness (QED) is 0.488. The van der Waals surface area contributed by atoms with Crippen molar-refractivity contribution in [2.45, 2.75) is 12.8 Å². The molecule has 0 aromatic heterocycles. The van der Waals surface area contributed by atoms with Crippen LogP contribution in [0.2, 0.25) is 0 Å². The number of nitro groups is 1. The molecule has 1 aliphatic rings. The van der Waals surface area contributed by atoms with Crippen LogP contribution in [0.15, 0.2) is 12.1 Å². The van der Waals surface area contributed by atoms with E-state index in [-0.39, 0.29) is 11.4 Å². The molecule has 21 heavy (non-hydrogen) atoms. The topological polar surface area (TPSA) is 84.9 Å². The Hall–Kier alpha value is -2.02. The molecule has 1 aromatic rings. The van der Waals surface area contributed by atoms with Crippen molar-refractivity contribution in [3.63, 3.8) is 0 Å². The van der Waals surface area contributed by atoms with Gasteiger partial charge in [0.15, 0.2) is 0 Å². The first-order chi connectivity index (χ1) is 10.0. The van der Waals surface area contributed by atoms with Crippen LogP contribution in [0.4, 0.5) is 17.1 Å². The van der Waals surface area contributed by atoms with Crippen molar-refractivity contribution in [1.29, 1.82) is 0 Å². The molecule has 7 heteroatoms. The van der Waals surface area contributed by atoms with Gasteiger partial charge in [0, 0.05) is 32.3 Å². The van der Waals surface area contributed by atoms with Gasteiger partial charge in [-0.15, -0.1) is 0 Å². The summed E-state index contributed by atoms with van der Waals surface area (Å²) >= 11 is 0. The third kappa shape index (κ3) is 3.55. The number of nitrogen functional groups attached to an aromatic ring is 1. The molecule has 1 saturated heterocycles. The Morgan fingerprint density at radius 3 is 2.67 bits per heavy atom. The normalized spacial score (nSPS) is 15.1. The van der Waals surface area contributed by atoms with E-state index in [0.717, 1.165) is 26.2 Å². The highest BCUT2D eigenvalue weighted by molar-refractivity contribution is 5.73. The molecule has 1 heterocycles. The van der Waals surface area contributed by atoms with Gasteiger partial charge in [-0.05, 0) is 25.9 Å². The molecule has 0 aliphatic carbocycles. The molecular weight excluding hydrogens is 272 g/mol. The van der Waals surface area contributed by atoms with E-state index in [1.54, 1.807) is 6.07 Å². The van der Waals surface area contributed by atoms with Gasteiger partial charge in [0.05, 0.1) is 17.7 Å². The van der Waals surface area contributed by atoms with E-state index in [1.807, 2.05) is 11.9 Å². The number of anilines is 2. The average Bonchev–Trinajstić information content (AvgIpc) is 2.97. The maximum absolute atomic E-state index is 11.2. The summed E-state index contributed by atoms with van der Waals surface area (Å²) in [5.74, 6) is 0.462. The molecule has 0 amide bonds. The average molecular weight is 294 g/mol. The predicted molar refractivity (Wildman–Crippen MR) is 83.0 cm³/mol. The van der Waals surface area contributed by atoms with Gasteiger partial charge >= 0.3 is 0 Å². The lowest BCUT2D eigenvalue weighted by Crippen LogP contribution is -2.31. The van der Waals surface area contributed by atoms with E-state index < -0.39 is 4.92 Å². The number of nitrogens with two attached hydrogens (primary N) is 1. The van der Waals surface area contributed by atoms with Crippen molar-refractivity contribution >= 4 is 17.1 Å². The number of benzene rings is 1. The lowest BCUT2D eigenvalue weighted by atomic mass is 10.2. The number of ether oxygens (including phenoxy) is 1. The fourth-order valence-corrected chi connectivity index (χ4v) is 2.62. The van der Waals surface area contributed by atoms with E-state index in [9.17, 15) is 10.1 Å². The van der Waals surface area contributed by atoms with Crippen LogP contribution in [-0.2, 0) is 0 Å². The molecule has 0 unspecified atom stereocenters. The summed E-state index contributed by atoms with van der Waals surface area (Å²) in [6, 6.07) is 3.00. The molecule has 0 spiro atoms. The van der Waals surface area contributed by atoms with E-state index >= 15 is 0 Å². The summed E-state index contributed by atoms with van der Waals surface area (Å²) < 4.78 is 5.16. The highest BCUT2D eigenvalue weighted by Gasteiger charge is 2.21. The summed E-state index contributed by atoms with van der Waals surface area (Å²) in [5, 5.41) is 11.2. The summed E-state index contributed by atoms with van der Waals surface area (Å²) in [6.07, 6.45) is 2.47. The molecule has 116 valence electrons. The van der Waals surface area contributed by atoms with Crippen LogP contribution in [0.3, 0.4) is 0 Å². The minimum absolute atomic E-state index is 0.0113. The monoisotopic (exact) mass is 294 g/mol. The van der Waals surface area contributed by atoms with Crippen molar-refractivity contribution in [3.05, 3.63) is 22.2 Å². The van der Waals surface area contributed by atoms with Crippen LogP contribution in [0.1, 0.15) is 12.8 Å². The Labute approximate surface area is 124 Å². The van der Waals surface area contributed by atoms with Crippen LogP contribution in [0, 0.1) is 10.1 Å². The van der Waals surface area contributed by atoms with Gasteiger partial charge in [-0.3, -0.25) is 10.1 Å². The zero-order valence-electron chi connectivity index (χ0n) is 12.5. The number of nitrogens with zero attached hydrogens (tertiary/aromatic N) is 3. The number of nitro benzene ring substituents is 1. The molecule has 1 aromatic carbocycles. The van der Waals surface area contributed by atoms with Gasteiger partial charge in [0.25, 0.3) is 5.69 Å². The van der Waals surface area contributed by atoms with Gasteiger partial charge in [0.2, 0.25) is 0 Å². The lowest BCUT2D eigenvalue weighted by molar-refractivity contribution is -0.384. The minimum atomic E-state index is -0.405. The zero-order chi connectivity index (χ0) is 15.4. The Morgan fingerprint density at radius 2 is 2.10 bits per heavy atom. The van der Waals surface area contributed by atoms with Crippen molar-refractivity contribution in [2.24, 2.45) is 0 Å². The molecule has 7 nitrogen and oxygen atoms in total. The van der Waals surface area contributed by atoms with E-state index in [4.69, 9.17) is 10.5 Å². The number of rotatable bonds is 6. The predicted octanol–water partition coefficient (Wildman–Crippen LogP) is 1.72. The number of likely N-dealkylation sites (tertiary alicyclic amines) is 1. The second-order valence-electron chi connectivity index (χ2n) is 5.31. The number of hydrogen-bond donors (Lipinski definition) is 1.